The standard InChI is InChI=1S/C21H38N2O5.C17H22N2O3.C2H6.CH3NO/c1-3-10-25-14-16-27-12-8-23(9-13-28-17-15-26-11-4-2)18-20-6-5-7-21(19-24)22-20;1-13(16-3-2-4-17(20)19-16)15-7-5-14(6-8-15)9-10-21-11-12-22-18;1-2;2-1-3/h5-7,19,21-22H,3-4,8-18H2,1-2H3;2-8,13H,9-12,18H2,1H3,(H,19,20);1-2H3;1H,(H2,2,3). The molecule has 312 valence electrons. The molecule has 1 aromatic carbocycles. The first-order valence-corrected chi connectivity index (χ1v) is 19.4. The number of nitrogens with two attached hydrogens (primary N) is 2. The van der Waals surface area contributed by atoms with Gasteiger partial charge in [0.25, 0.3) is 0 Å². The Balaban J connectivity index is 0.000000967. The van der Waals surface area contributed by atoms with Crippen molar-refractivity contribution in [3.05, 3.63) is 93.6 Å². The molecule has 2 atom stereocenters. The molecule has 1 aromatic heterocycles. The van der Waals surface area contributed by atoms with Crippen LogP contribution >= 0.6 is 0 Å². The van der Waals surface area contributed by atoms with Crippen LogP contribution in [-0.2, 0) is 44.5 Å². The van der Waals surface area contributed by atoms with Crippen molar-refractivity contribution in [3.63, 3.8) is 0 Å². The number of carbonyl (C=O) groups excluding carboxylic acids is 2. The van der Waals surface area contributed by atoms with Crippen LogP contribution in [0.25, 0.3) is 0 Å². The molecule has 3 rings (SSSR count). The monoisotopic (exact) mass is 776 g/mol. The number of allylic oxidation sites excluding steroid dienone is 2. The minimum atomic E-state index is -0.249. The molecule has 1 amide bonds. The lowest BCUT2D eigenvalue weighted by Gasteiger charge is -2.26. The summed E-state index contributed by atoms with van der Waals surface area (Å²) in [5.41, 5.74) is 8.43. The van der Waals surface area contributed by atoms with Crippen LogP contribution in [0.3, 0.4) is 0 Å². The summed E-state index contributed by atoms with van der Waals surface area (Å²) in [7, 11) is 0. The third-order valence-corrected chi connectivity index (χ3v) is 7.67. The Morgan fingerprint density at radius 2 is 1.33 bits per heavy atom. The van der Waals surface area contributed by atoms with Crippen molar-refractivity contribution < 1.29 is 38.1 Å². The molecule has 2 aromatic rings. The minimum absolute atomic E-state index is 0.0698. The number of pyridine rings is 1. The molecule has 1 aliphatic rings. The number of carbonyl (C=O) groups is 2. The highest BCUT2D eigenvalue weighted by atomic mass is 16.6. The van der Waals surface area contributed by atoms with E-state index in [1.807, 2.05) is 38.1 Å². The van der Waals surface area contributed by atoms with E-state index in [0.29, 0.717) is 59.5 Å². The summed E-state index contributed by atoms with van der Waals surface area (Å²) in [5.74, 6) is 5.08. The Labute approximate surface area is 328 Å². The van der Waals surface area contributed by atoms with Crippen molar-refractivity contribution >= 4 is 12.7 Å². The number of nitrogens with one attached hydrogen (secondary N) is 2. The molecule has 0 saturated heterocycles. The zero-order chi connectivity index (χ0) is 40.8. The van der Waals surface area contributed by atoms with Gasteiger partial charge in [0.2, 0.25) is 12.0 Å². The van der Waals surface area contributed by atoms with Crippen molar-refractivity contribution in [2.45, 2.75) is 65.8 Å². The molecule has 0 bridgehead atoms. The number of ether oxygens (including phenoxy) is 5. The Morgan fingerprint density at radius 3 is 1.85 bits per heavy atom. The van der Waals surface area contributed by atoms with E-state index in [2.05, 4.69) is 70.8 Å². The van der Waals surface area contributed by atoms with Gasteiger partial charge in [-0.15, -0.1) is 0 Å². The van der Waals surface area contributed by atoms with E-state index in [9.17, 15) is 9.59 Å². The number of hydrogen-bond acceptors (Lipinski definition) is 12. The molecule has 14 nitrogen and oxygen atoms in total. The van der Waals surface area contributed by atoms with Crippen molar-refractivity contribution in [3.8, 4) is 0 Å². The second-order valence-electron chi connectivity index (χ2n) is 11.9. The van der Waals surface area contributed by atoms with E-state index in [1.54, 1.807) is 6.07 Å². The fourth-order valence-corrected chi connectivity index (χ4v) is 4.88. The Kier molecular flexibility index (Phi) is 34.7. The molecule has 14 heteroatoms. The number of hydrogen-bond donors (Lipinski definition) is 4. The largest absolute Gasteiger partial charge is 0.379 e. The highest BCUT2D eigenvalue weighted by Gasteiger charge is 2.13. The van der Waals surface area contributed by atoms with E-state index in [0.717, 1.165) is 69.8 Å². The lowest BCUT2D eigenvalue weighted by Crippen LogP contribution is -2.39. The molecule has 0 aliphatic carbocycles. The molecule has 55 heavy (non-hydrogen) atoms. The topological polar surface area (TPSA) is 190 Å². The van der Waals surface area contributed by atoms with Crippen LogP contribution in [0.4, 0.5) is 0 Å². The summed E-state index contributed by atoms with van der Waals surface area (Å²) < 4.78 is 27.6. The number of primary amides is 1. The number of aldehydes is 1. The molecular weight excluding hydrogens is 706 g/mol. The number of nitrogens with zero attached hydrogens (tertiary/aromatic N) is 1. The molecule has 6 N–H and O–H groups in total. The number of H-pyrrole nitrogens is 1. The molecule has 2 heterocycles. The molecular formula is C41H69N5O9. The van der Waals surface area contributed by atoms with Gasteiger partial charge in [-0.25, -0.2) is 5.90 Å². The minimum Gasteiger partial charge on any atom is -0.379 e. The van der Waals surface area contributed by atoms with E-state index in [4.69, 9.17) is 34.4 Å². The maximum absolute atomic E-state index is 11.4. The van der Waals surface area contributed by atoms with Crippen LogP contribution in [-0.4, -0.2) is 121 Å². The van der Waals surface area contributed by atoms with Gasteiger partial charge in [-0.2, -0.15) is 0 Å². The number of benzene rings is 1. The molecule has 0 saturated carbocycles. The van der Waals surface area contributed by atoms with Gasteiger partial charge in [0.15, 0.2) is 0 Å². The third-order valence-electron chi connectivity index (χ3n) is 7.67. The summed E-state index contributed by atoms with van der Waals surface area (Å²) in [5, 5.41) is 3.23. The van der Waals surface area contributed by atoms with Gasteiger partial charge in [-0.3, -0.25) is 14.5 Å². The van der Waals surface area contributed by atoms with Gasteiger partial charge < -0.3 is 49.4 Å². The average molecular weight is 776 g/mol. The van der Waals surface area contributed by atoms with Gasteiger partial charge >= 0.3 is 0 Å². The van der Waals surface area contributed by atoms with Crippen LogP contribution in [0.1, 0.15) is 70.2 Å². The number of rotatable bonds is 27. The quantitative estimate of drug-likeness (QED) is 0.0583. The summed E-state index contributed by atoms with van der Waals surface area (Å²) in [4.78, 5) is 40.6. The number of aromatic amines is 1. The fraction of sp³-hybridized carbons (Fsp3) is 0.585. The second-order valence-corrected chi connectivity index (χ2v) is 11.9. The van der Waals surface area contributed by atoms with Crippen LogP contribution in [0.5, 0.6) is 0 Å². The number of amides is 1. The maximum Gasteiger partial charge on any atom is 0.248 e. The Bertz CT molecular complexity index is 1290. The Morgan fingerprint density at radius 1 is 0.782 bits per heavy atom. The van der Waals surface area contributed by atoms with Crippen molar-refractivity contribution in [2.24, 2.45) is 11.6 Å². The first-order chi connectivity index (χ1) is 26.9. The molecule has 0 spiro atoms. The van der Waals surface area contributed by atoms with E-state index in [1.165, 1.54) is 17.2 Å². The predicted octanol–water partition coefficient (Wildman–Crippen LogP) is 3.89. The number of dihydropyridines is 1. The average Bonchev–Trinajstić information content (AvgIpc) is 3.21. The second kappa shape index (κ2) is 37.2. The van der Waals surface area contributed by atoms with Crippen LogP contribution in [0.15, 0.2) is 71.2 Å². The van der Waals surface area contributed by atoms with Crippen LogP contribution in [0, 0.1) is 0 Å². The van der Waals surface area contributed by atoms with Crippen molar-refractivity contribution in [1.29, 1.82) is 0 Å². The normalized spacial score (nSPS) is 13.5. The van der Waals surface area contributed by atoms with E-state index in [-0.39, 0.29) is 23.9 Å². The van der Waals surface area contributed by atoms with E-state index >= 15 is 0 Å². The van der Waals surface area contributed by atoms with Gasteiger partial charge in [-0.1, -0.05) is 77.1 Å². The summed E-state index contributed by atoms with van der Waals surface area (Å²) in [6.07, 6.45) is 9.83. The number of aromatic nitrogens is 1. The van der Waals surface area contributed by atoms with Crippen LogP contribution in [0.2, 0.25) is 0 Å². The lowest BCUT2D eigenvalue weighted by molar-refractivity contribution is -0.108. The molecule has 1 aliphatic heterocycles. The maximum atomic E-state index is 11.4. The first kappa shape index (κ1) is 51.3. The predicted molar refractivity (Wildman–Crippen MR) is 218 cm³/mol. The van der Waals surface area contributed by atoms with Gasteiger partial charge in [0, 0.05) is 56.2 Å². The summed E-state index contributed by atoms with van der Waals surface area (Å²) in [6.45, 7) is 19.4. The SMILES string of the molecule is CC.CC(c1ccc(CCOCCON)cc1)c1cccc(=O)[nH]1.CCCOCCOCCN(CCOCCOCCC)CC1=CC=CC(C=O)N1.NC=O. The molecule has 2 unspecified atom stereocenters. The van der Waals surface area contributed by atoms with E-state index < -0.39 is 0 Å². The van der Waals surface area contributed by atoms with Crippen LogP contribution < -0.4 is 22.5 Å². The smallest absolute Gasteiger partial charge is 0.248 e. The fourth-order valence-electron chi connectivity index (χ4n) is 4.88. The zero-order valence-corrected chi connectivity index (χ0v) is 33.9. The Hall–Kier alpha value is -3.73. The van der Waals surface area contributed by atoms with Gasteiger partial charge in [0.1, 0.15) is 12.3 Å². The zero-order valence-electron chi connectivity index (χ0n) is 33.9. The van der Waals surface area contributed by atoms with Gasteiger partial charge in [-0.05, 0) is 42.5 Å². The molecule has 0 fully saturated rings. The lowest BCUT2D eigenvalue weighted by atomic mass is 9.96. The highest BCUT2D eigenvalue weighted by molar-refractivity contribution is 5.62. The third kappa shape index (κ3) is 27.5. The van der Waals surface area contributed by atoms with Crippen molar-refractivity contribution in [2.75, 3.05) is 92.3 Å². The van der Waals surface area contributed by atoms with Crippen molar-refractivity contribution in [1.82, 2.24) is 15.2 Å². The van der Waals surface area contributed by atoms with Gasteiger partial charge in [0.05, 0.1) is 59.5 Å². The summed E-state index contributed by atoms with van der Waals surface area (Å²) >= 11 is 0. The highest BCUT2D eigenvalue weighted by Crippen LogP contribution is 2.22. The summed E-state index contributed by atoms with van der Waals surface area (Å²) in [6, 6.07) is 13.4. The molecule has 0 radical (unpaired) electrons. The first-order valence-electron chi connectivity index (χ1n) is 19.4.